The quantitative estimate of drug-likeness (QED) is 0.852. The first-order valence-corrected chi connectivity index (χ1v) is 5.10. The van der Waals surface area contributed by atoms with Gasteiger partial charge in [0.25, 0.3) is 0 Å². The van der Waals surface area contributed by atoms with Gasteiger partial charge in [0.15, 0.2) is 0 Å². The van der Waals surface area contributed by atoms with Crippen LogP contribution in [0.2, 0.25) is 0 Å². The Morgan fingerprint density at radius 1 is 1.44 bits per heavy atom. The molecule has 84 valence electrons. The summed E-state index contributed by atoms with van der Waals surface area (Å²) < 4.78 is 10.8. The number of hydrogen-bond donors (Lipinski definition) is 1. The monoisotopic (exact) mass is 218 g/mol. The van der Waals surface area contributed by atoms with Crippen LogP contribution < -0.4 is 10.5 Å². The van der Waals surface area contributed by atoms with E-state index in [1.54, 1.807) is 12.5 Å². The summed E-state index contributed by atoms with van der Waals surface area (Å²) >= 11 is 0. The molecule has 4 heteroatoms. The molecule has 4 nitrogen and oxygen atoms in total. The summed E-state index contributed by atoms with van der Waals surface area (Å²) in [5.41, 5.74) is 7.42. The Labute approximate surface area is 94.1 Å². The minimum Gasteiger partial charge on any atom is -0.484 e. The zero-order chi connectivity index (χ0) is 11.4. The second-order valence-corrected chi connectivity index (χ2v) is 3.55. The topological polar surface area (TPSA) is 61.3 Å². The molecule has 0 aliphatic carbocycles. The average molecular weight is 218 g/mol. The largest absolute Gasteiger partial charge is 0.484 e. The summed E-state index contributed by atoms with van der Waals surface area (Å²) in [5.74, 6) is 1.50. The van der Waals surface area contributed by atoms with E-state index in [1.165, 1.54) is 0 Å². The molecule has 0 aromatic carbocycles. The van der Waals surface area contributed by atoms with Gasteiger partial charge in [0.05, 0.1) is 12.5 Å². The van der Waals surface area contributed by atoms with Crippen LogP contribution in [0.5, 0.6) is 5.75 Å². The molecule has 2 heterocycles. The minimum absolute atomic E-state index is 0.394. The van der Waals surface area contributed by atoms with E-state index >= 15 is 0 Å². The van der Waals surface area contributed by atoms with Crippen LogP contribution in [0.15, 0.2) is 35.1 Å². The van der Waals surface area contributed by atoms with Crippen molar-refractivity contribution in [1.29, 1.82) is 0 Å². The highest BCUT2D eigenvalue weighted by Crippen LogP contribution is 2.13. The SMILES string of the molecule is Cc1ccc(OCc2cc(CN)co2)cn1. The van der Waals surface area contributed by atoms with Crippen molar-refractivity contribution < 1.29 is 9.15 Å². The third kappa shape index (κ3) is 2.61. The Hall–Kier alpha value is -1.81. The third-order valence-corrected chi connectivity index (χ3v) is 2.21. The fraction of sp³-hybridized carbons (Fsp3) is 0.250. The van der Waals surface area contributed by atoms with Gasteiger partial charge in [-0.1, -0.05) is 0 Å². The minimum atomic E-state index is 0.394. The van der Waals surface area contributed by atoms with Gasteiger partial charge in [-0.2, -0.15) is 0 Å². The van der Waals surface area contributed by atoms with Crippen LogP contribution in [0.25, 0.3) is 0 Å². The molecule has 2 aromatic heterocycles. The van der Waals surface area contributed by atoms with Gasteiger partial charge >= 0.3 is 0 Å². The zero-order valence-corrected chi connectivity index (χ0v) is 9.14. The first-order valence-electron chi connectivity index (χ1n) is 5.10. The normalized spacial score (nSPS) is 10.4. The van der Waals surface area contributed by atoms with Gasteiger partial charge in [-0.15, -0.1) is 0 Å². The summed E-state index contributed by atoms with van der Waals surface area (Å²) in [6, 6.07) is 5.68. The molecule has 0 spiro atoms. The van der Waals surface area contributed by atoms with Crippen molar-refractivity contribution in [2.24, 2.45) is 5.73 Å². The molecule has 0 fully saturated rings. The van der Waals surface area contributed by atoms with Crippen LogP contribution in [0.1, 0.15) is 17.0 Å². The summed E-state index contributed by atoms with van der Waals surface area (Å²) in [7, 11) is 0. The van der Waals surface area contributed by atoms with Crippen LogP contribution >= 0.6 is 0 Å². The van der Waals surface area contributed by atoms with Gasteiger partial charge in [-0.3, -0.25) is 4.98 Å². The number of pyridine rings is 1. The molecule has 0 bridgehead atoms. The number of hydrogen-bond acceptors (Lipinski definition) is 4. The molecular weight excluding hydrogens is 204 g/mol. The van der Waals surface area contributed by atoms with E-state index in [0.717, 1.165) is 22.8 Å². The van der Waals surface area contributed by atoms with Gasteiger partial charge in [-0.05, 0) is 25.1 Å². The predicted octanol–water partition coefficient (Wildman–Crippen LogP) is 2.02. The number of furan rings is 1. The van der Waals surface area contributed by atoms with Gasteiger partial charge in [-0.25, -0.2) is 0 Å². The maximum Gasteiger partial charge on any atom is 0.146 e. The van der Waals surface area contributed by atoms with E-state index in [-0.39, 0.29) is 0 Å². The highest BCUT2D eigenvalue weighted by molar-refractivity contribution is 5.20. The lowest BCUT2D eigenvalue weighted by Crippen LogP contribution is -1.95. The number of aromatic nitrogens is 1. The first-order chi connectivity index (χ1) is 7.78. The van der Waals surface area contributed by atoms with Crippen LogP contribution in [-0.4, -0.2) is 4.98 Å². The van der Waals surface area contributed by atoms with Crippen LogP contribution in [0.4, 0.5) is 0 Å². The van der Waals surface area contributed by atoms with Gasteiger partial charge in [0, 0.05) is 17.8 Å². The smallest absolute Gasteiger partial charge is 0.146 e. The fourth-order valence-electron chi connectivity index (χ4n) is 1.30. The Morgan fingerprint density at radius 2 is 2.31 bits per heavy atom. The molecule has 0 aliphatic heterocycles. The first kappa shape index (κ1) is 10.7. The van der Waals surface area contributed by atoms with Crippen molar-refractivity contribution in [3.63, 3.8) is 0 Å². The van der Waals surface area contributed by atoms with Gasteiger partial charge in [0.2, 0.25) is 0 Å². The third-order valence-electron chi connectivity index (χ3n) is 2.21. The Morgan fingerprint density at radius 3 is 2.94 bits per heavy atom. The molecule has 0 radical (unpaired) electrons. The van der Waals surface area contributed by atoms with Crippen molar-refractivity contribution in [2.75, 3.05) is 0 Å². The lowest BCUT2D eigenvalue weighted by molar-refractivity contribution is 0.269. The second kappa shape index (κ2) is 4.81. The van der Waals surface area contributed by atoms with E-state index in [0.29, 0.717) is 13.2 Å². The van der Waals surface area contributed by atoms with Crippen LogP contribution in [0.3, 0.4) is 0 Å². The van der Waals surface area contributed by atoms with Crippen molar-refractivity contribution in [3.8, 4) is 5.75 Å². The molecule has 2 aromatic rings. The maximum atomic E-state index is 5.51. The van der Waals surface area contributed by atoms with Gasteiger partial charge < -0.3 is 14.9 Å². The van der Waals surface area contributed by atoms with Crippen molar-refractivity contribution in [2.45, 2.75) is 20.1 Å². The molecular formula is C12H14N2O2. The Bertz CT molecular complexity index is 448. The molecule has 0 amide bonds. The molecule has 0 unspecified atom stereocenters. The number of aryl methyl sites for hydroxylation is 1. The number of nitrogens with zero attached hydrogens (tertiary/aromatic N) is 1. The van der Waals surface area contributed by atoms with Crippen molar-refractivity contribution in [3.05, 3.63) is 47.7 Å². The second-order valence-electron chi connectivity index (χ2n) is 3.55. The average Bonchev–Trinajstić information content (AvgIpc) is 2.76. The van der Waals surface area contributed by atoms with E-state index < -0.39 is 0 Å². The van der Waals surface area contributed by atoms with Crippen molar-refractivity contribution >= 4 is 0 Å². The molecule has 0 saturated carbocycles. The van der Waals surface area contributed by atoms with Crippen LogP contribution in [-0.2, 0) is 13.2 Å². The standard InChI is InChI=1S/C12H14N2O2/c1-9-2-3-11(6-14-9)16-8-12-4-10(5-13)7-15-12/h2-4,6-7H,5,8,13H2,1H3. The molecule has 0 aliphatic rings. The van der Waals surface area contributed by atoms with Crippen LogP contribution in [0, 0.1) is 6.92 Å². The predicted molar refractivity (Wildman–Crippen MR) is 59.9 cm³/mol. The number of ether oxygens (including phenoxy) is 1. The van der Waals surface area contributed by atoms with E-state index in [2.05, 4.69) is 4.98 Å². The molecule has 16 heavy (non-hydrogen) atoms. The summed E-state index contributed by atoms with van der Waals surface area (Å²) in [6.45, 7) is 2.81. The Kier molecular flexibility index (Phi) is 3.22. The highest BCUT2D eigenvalue weighted by Gasteiger charge is 2.01. The molecule has 0 saturated heterocycles. The number of rotatable bonds is 4. The molecule has 0 atom stereocenters. The maximum absolute atomic E-state index is 5.51. The fourth-order valence-corrected chi connectivity index (χ4v) is 1.30. The van der Waals surface area contributed by atoms with E-state index in [4.69, 9.17) is 14.9 Å². The molecule has 2 rings (SSSR count). The zero-order valence-electron chi connectivity index (χ0n) is 9.14. The number of nitrogens with two attached hydrogens (primary N) is 1. The summed E-state index contributed by atoms with van der Waals surface area (Å²) in [6.07, 6.45) is 3.34. The van der Waals surface area contributed by atoms with Crippen molar-refractivity contribution in [1.82, 2.24) is 4.98 Å². The van der Waals surface area contributed by atoms with Gasteiger partial charge in [0.1, 0.15) is 18.1 Å². The highest BCUT2D eigenvalue weighted by atomic mass is 16.5. The molecule has 2 N–H and O–H groups in total. The summed E-state index contributed by atoms with van der Waals surface area (Å²) in [4.78, 5) is 4.14. The lowest BCUT2D eigenvalue weighted by atomic mass is 10.3. The van der Waals surface area contributed by atoms with E-state index in [1.807, 2.05) is 25.1 Å². The summed E-state index contributed by atoms with van der Waals surface area (Å²) in [5, 5.41) is 0. The van der Waals surface area contributed by atoms with E-state index in [9.17, 15) is 0 Å². The Balaban J connectivity index is 1.94. The lowest BCUT2D eigenvalue weighted by Gasteiger charge is -2.03.